The highest BCUT2D eigenvalue weighted by atomic mass is 19.1. The van der Waals surface area contributed by atoms with Gasteiger partial charge in [-0.05, 0) is 30.0 Å². The zero-order valence-corrected chi connectivity index (χ0v) is 11.0. The molecule has 0 aliphatic rings. The second-order valence-corrected chi connectivity index (χ2v) is 5.60. The Balaban J connectivity index is 2.52. The van der Waals surface area contributed by atoms with Gasteiger partial charge >= 0.3 is 0 Å². The number of rotatable bonds is 4. The van der Waals surface area contributed by atoms with Gasteiger partial charge in [0.05, 0.1) is 0 Å². The minimum atomic E-state index is -0.485. The van der Waals surface area contributed by atoms with E-state index in [1.807, 2.05) is 0 Å². The highest BCUT2D eigenvalue weighted by molar-refractivity contribution is 5.19. The summed E-state index contributed by atoms with van der Waals surface area (Å²) in [6, 6.07) is 3.95. The summed E-state index contributed by atoms with van der Waals surface area (Å²) in [4.78, 5) is 0. The number of hydrogen-bond donors (Lipinski definition) is 1. The van der Waals surface area contributed by atoms with Crippen LogP contribution in [0.3, 0.4) is 0 Å². The summed E-state index contributed by atoms with van der Waals surface area (Å²) < 4.78 is 26.7. The summed E-state index contributed by atoms with van der Waals surface area (Å²) in [6.07, 6.45) is 0. The Morgan fingerprint density at radius 2 is 1.71 bits per heavy atom. The number of nitrogens with one attached hydrogen (secondary N) is 1. The topological polar surface area (TPSA) is 12.0 Å². The zero-order chi connectivity index (χ0) is 13.1. The third-order valence-corrected chi connectivity index (χ3v) is 3.29. The highest BCUT2D eigenvalue weighted by Crippen LogP contribution is 2.24. The van der Waals surface area contributed by atoms with E-state index in [9.17, 15) is 8.78 Å². The molecule has 1 nitrogen and oxygen atoms in total. The SMILES string of the molecule is CC(CNCc1c(F)cccc1F)C(C)(C)C. The summed E-state index contributed by atoms with van der Waals surface area (Å²) in [5, 5.41) is 3.11. The van der Waals surface area contributed by atoms with Crippen molar-refractivity contribution < 1.29 is 8.78 Å². The van der Waals surface area contributed by atoms with Crippen molar-refractivity contribution in [2.45, 2.75) is 34.2 Å². The second kappa shape index (κ2) is 5.58. The molecule has 0 amide bonds. The molecule has 0 aliphatic heterocycles. The minimum Gasteiger partial charge on any atom is -0.312 e. The largest absolute Gasteiger partial charge is 0.312 e. The van der Waals surface area contributed by atoms with Gasteiger partial charge in [-0.1, -0.05) is 33.8 Å². The molecular formula is C14H21F2N. The maximum Gasteiger partial charge on any atom is 0.130 e. The lowest BCUT2D eigenvalue weighted by Gasteiger charge is -2.27. The predicted molar refractivity (Wildman–Crippen MR) is 66.7 cm³/mol. The molecule has 0 spiro atoms. The van der Waals surface area contributed by atoms with Crippen LogP contribution < -0.4 is 5.32 Å². The summed E-state index contributed by atoms with van der Waals surface area (Å²) in [5.74, 6) is -0.529. The molecule has 1 N–H and O–H groups in total. The van der Waals surface area contributed by atoms with E-state index in [1.54, 1.807) is 0 Å². The van der Waals surface area contributed by atoms with E-state index in [4.69, 9.17) is 0 Å². The molecule has 1 atom stereocenters. The van der Waals surface area contributed by atoms with Crippen molar-refractivity contribution in [1.29, 1.82) is 0 Å². The summed E-state index contributed by atoms with van der Waals surface area (Å²) in [7, 11) is 0. The minimum absolute atomic E-state index is 0.119. The quantitative estimate of drug-likeness (QED) is 0.846. The van der Waals surface area contributed by atoms with Gasteiger partial charge < -0.3 is 5.32 Å². The summed E-state index contributed by atoms with van der Waals surface area (Å²) >= 11 is 0. The van der Waals surface area contributed by atoms with Crippen molar-refractivity contribution in [2.24, 2.45) is 11.3 Å². The van der Waals surface area contributed by atoms with Gasteiger partial charge in [0.15, 0.2) is 0 Å². The molecule has 0 radical (unpaired) electrons. The van der Waals surface area contributed by atoms with E-state index >= 15 is 0 Å². The predicted octanol–water partition coefficient (Wildman–Crippen LogP) is 3.74. The normalized spacial score (nSPS) is 13.8. The molecule has 3 heteroatoms. The van der Waals surface area contributed by atoms with E-state index in [-0.39, 0.29) is 17.5 Å². The first-order valence-electron chi connectivity index (χ1n) is 5.96. The molecule has 1 aromatic rings. The maximum absolute atomic E-state index is 13.3. The Bertz CT molecular complexity index is 349. The average molecular weight is 241 g/mol. The van der Waals surface area contributed by atoms with Crippen molar-refractivity contribution in [2.75, 3.05) is 6.54 Å². The Morgan fingerprint density at radius 3 is 2.18 bits per heavy atom. The monoisotopic (exact) mass is 241 g/mol. The van der Waals surface area contributed by atoms with Gasteiger partial charge in [0.1, 0.15) is 11.6 Å². The van der Waals surface area contributed by atoms with Crippen LogP contribution in [0.15, 0.2) is 18.2 Å². The first kappa shape index (κ1) is 14.1. The van der Waals surface area contributed by atoms with Crippen LogP contribution in [0.1, 0.15) is 33.3 Å². The summed E-state index contributed by atoms with van der Waals surface area (Å²) in [5.41, 5.74) is 0.314. The average Bonchev–Trinajstić information content (AvgIpc) is 2.20. The van der Waals surface area contributed by atoms with Gasteiger partial charge in [-0.15, -0.1) is 0 Å². The Morgan fingerprint density at radius 1 is 1.18 bits per heavy atom. The Hall–Kier alpha value is -0.960. The van der Waals surface area contributed by atoms with Crippen molar-refractivity contribution in [3.63, 3.8) is 0 Å². The van der Waals surface area contributed by atoms with Gasteiger partial charge in [-0.3, -0.25) is 0 Å². The molecule has 0 saturated heterocycles. The second-order valence-electron chi connectivity index (χ2n) is 5.60. The number of halogens is 2. The molecule has 0 heterocycles. The molecule has 1 rings (SSSR count). The van der Waals surface area contributed by atoms with Crippen molar-refractivity contribution in [1.82, 2.24) is 5.32 Å². The maximum atomic E-state index is 13.3. The van der Waals surface area contributed by atoms with Crippen LogP contribution in [0.25, 0.3) is 0 Å². The fourth-order valence-electron chi connectivity index (χ4n) is 1.42. The zero-order valence-electron chi connectivity index (χ0n) is 11.0. The van der Waals surface area contributed by atoms with Gasteiger partial charge in [0.25, 0.3) is 0 Å². The molecule has 0 aromatic heterocycles. The first-order chi connectivity index (χ1) is 7.82. The molecule has 17 heavy (non-hydrogen) atoms. The van der Waals surface area contributed by atoms with Gasteiger partial charge in [0, 0.05) is 12.1 Å². The fourth-order valence-corrected chi connectivity index (χ4v) is 1.42. The van der Waals surface area contributed by atoms with Crippen LogP contribution in [-0.4, -0.2) is 6.54 Å². The van der Waals surface area contributed by atoms with E-state index in [0.717, 1.165) is 6.54 Å². The van der Waals surface area contributed by atoms with Crippen molar-refractivity contribution in [3.8, 4) is 0 Å². The molecule has 1 unspecified atom stereocenters. The van der Waals surface area contributed by atoms with E-state index in [1.165, 1.54) is 18.2 Å². The van der Waals surface area contributed by atoms with Crippen LogP contribution in [0.5, 0.6) is 0 Å². The van der Waals surface area contributed by atoms with Crippen molar-refractivity contribution >= 4 is 0 Å². The number of hydrogen-bond acceptors (Lipinski definition) is 1. The summed E-state index contributed by atoms with van der Waals surface area (Å²) in [6.45, 7) is 9.58. The molecule has 1 aromatic carbocycles. The van der Waals surface area contributed by atoms with Crippen LogP contribution >= 0.6 is 0 Å². The van der Waals surface area contributed by atoms with Gasteiger partial charge in [-0.2, -0.15) is 0 Å². The molecule has 0 bridgehead atoms. The third kappa shape index (κ3) is 4.08. The van der Waals surface area contributed by atoms with Gasteiger partial charge in [-0.25, -0.2) is 8.78 Å². The lowest BCUT2D eigenvalue weighted by molar-refractivity contribution is 0.252. The smallest absolute Gasteiger partial charge is 0.130 e. The first-order valence-corrected chi connectivity index (χ1v) is 5.96. The lowest BCUT2D eigenvalue weighted by atomic mass is 9.82. The standard InChI is InChI=1S/C14H21F2N/c1-10(14(2,3)4)8-17-9-11-12(15)6-5-7-13(11)16/h5-7,10,17H,8-9H2,1-4H3. The Labute approximate surface area is 102 Å². The van der Waals surface area contributed by atoms with Crippen LogP contribution in [0, 0.1) is 23.0 Å². The van der Waals surface area contributed by atoms with Gasteiger partial charge in [0.2, 0.25) is 0 Å². The molecule has 0 fully saturated rings. The highest BCUT2D eigenvalue weighted by Gasteiger charge is 2.19. The van der Waals surface area contributed by atoms with Crippen LogP contribution in [-0.2, 0) is 6.54 Å². The number of benzene rings is 1. The molecular weight excluding hydrogens is 220 g/mol. The van der Waals surface area contributed by atoms with E-state index in [2.05, 4.69) is 33.0 Å². The van der Waals surface area contributed by atoms with Crippen LogP contribution in [0.4, 0.5) is 8.78 Å². The van der Waals surface area contributed by atoms with Crippen molar-refractivity contribution in [3.05, 3.63) is 35.4 Å². The molecule has 0 aliphatic carbocycles. The lowest BCUT2D eigenvalue weighted by Crippen LogP contribution is -2.29. The molecule has 96 valence electrons. The molecule has 0 saturated carbocycles. The fraction of sp³-hybridized carbons (Fsp3) is 0.571. The van der Waals surface area contributed by atoms with Crippen LogP contribution in [0.2, 0.25) is 0 Å². The third-order valence-electron chi connectivity index (χ3n) is 3.29. The Kier molecular flexibility index (Phi) is 4.63. The van der Waals surface area contributed by atoms with E-state index < -0.39 is 11.6 Å². The van der Waals surface area contributed by atoms with E-state index in [0.29, 0.717) is 5.92 Å².